The minimum atomic E-state index is -3.21. The van der Waals surface area contributed by atoms with Gasteiger partial charge in [0.05, 0.1) is 33.3 Å². The molecule has 19 heteroatoms. The monoisotopic (exact) mass is 1010 g/mol. The molecule has 16 nitrogen and oxygen atoms in total. The lowest BCUT2D eigenvalue weighted by Gasteiger charge is -2.31. The number of halogens is 2. The second kappa shape index (κ2) is 23.4. The van der Waals surface area contributed by atoms with E-state index in [0.29, 0.717) is 37.7 Å². The summed E-state index contributed by atoms with van der Waals surface area (Å²) in [6.07, 6.45) is 19.7. The van der Waals surface area contributed by atoms with Crippen LogP contribution in [0.5, 0.6) is 0 Å². The van der Waals surface area contributed by atoms with Crippen molar-refractivity contribution < 1.29 is 13.2 Å². The Morgan fingerprint density at radius 1 is 0.746 bits per heavy atom. The van der Waals surface area contributed by atoms with Gasteiger partial charge in [0.25, 0.3) is 0 Å². The van der Waals surface area contributed by atoms with E-state index < -0.39 is 10.0 Å². The van der Waals surface area contributed by atoms with Gasteiger partial charge in [-0.2, -0.15) is 19.2 Å². The van der Waals surface area contributed by atoms with Gasteiger partial charge in [0.2, 0.25) is 15.9 Å². The molecule has 9 heterocycles. The average Bonchev–Trinajstić information content (AvgIpc) is 3.90. The molecule has 1 amide bonds. The number of hydrogen-bond donors (Lipinski definition) is 3. The van der Waals surface area contributed by atoms with E-state index in [2.05, 4.69) is 74.0 Å². The Labute approximate surface area is 387 Å². The minimum absolute atomic E-state index is 0.0502. The van der Waals surface area contributed by atoms with Crippen LogP contribution in [-0.2, 0) is 27.9 Å². The van der Waals surface area contributed by atoms with Crippen LogP contribution in [0.4, 0.5) is 11.6 Å². The number of carbonyl (C=O) groups is 1. The van der Waals surface area contributed by atoms with Crippen molar-refractivity contribution in [2.75, 3.05) is 56.2 Å². The molecule has 338 valence electrons. The molecule has 1 unspecified atom stereocenters. The van der Waals surface area contributed by atoms with Gasteiger partial charge in [0.15, 0.2) is 11.3 Å². The van der Waals surface area contributed by atoms with Crippen molar-refractivity contribution >= 4 is 70.7 Å². The van der Waals surface area contributed by atoms with Gasteiger partial charge in [0, 0.05) is 101 Å². The zero-order valence-corrected chi connectivity index (χ0v) is 40.5. The number of aromatic nitrogens is 8. The number of rotatable bonds is 9. The highest BCUT2D eigenvalue weighted by Gasteiger charge is 2.29. The summed E-state index contributed by atoms with van der Waals surface area (Å²) in [7, 11) is -3.21. The zero-order chi connectivity index (χ0) is 44.8. The van der Waals surface area contributed by atoms with Gasteiger partial charge in [-0.1, -0.05) is 32.4 Å². The third kappa shape index (κ3) is 13.2. The number of fused-ring (bicyclic) bond motifs is 2. The Balaban J connectivity index is 0.000000179. The number of sulfonamides is 1. The van der Waals surface area contributed by atoms with Crippen molar-refractivity contribution in [3.63, 3.8) is 0 Å². The first-order valence-electron chi connectivity index (χ1n) is 21.8. The quantitative estimate of drug-likeness (QED) is 0.129. The Morgan fingerprint density at radius 2 is 1.27 bits per heavy atom. The van der Waals surface area contributed by atoms with Crippen molar-refractivity contribution in [1.29, 1.82) is 0 Å². The molecule has 9 rings (SSSR count). The Hall–Kier alpha value is -4.56. The Bertz CT molecular complexity index is 2470. The lowest BCUT2D eigenvalue weighted by Crippen LogP contribution is -2.38. The maximum Gasteiger partial charge on any atom is 0.219 e. The highest BCUT2D eigenvalue weighted by Crippen LogP contribution is 2.32. The smallest absolute Gasteiger partial charge is 0.219 e. The van der Waals surface area contributed by atoms with E-state index >= 15 is 0 Å². The molecule has 3 fully saturated rings. The molecule has 0 aliphatic carbocycles. The van der Waals surface area contributed by atoms with E-state index in [1.807, 2.05) is 66.0 Å². The summed E-state index contributed by atoms with van der Waals surface area (Å²) in [6.45, 7) is 12.0. The zero-order valence-electron chi connectivity index (χ0n) is 36.6. The van der Waals surface area contributed by atoms with Crippen LogP contribution in [0.15, 0.2) is 82.5 Å². The highest BCUT2D eigenvalue weighted by molar-refractivity contribution is 9.11. The number of pyridine rings is 2. The fraction of sp³-hybridized carbons (Fsp3) is 0.477. The number of anilines is 2. The Morgan fingerprint density at radius 3 is 1.70 bits per heavy atom. The molecule has 0 aromatic carbocycles. The number of nitrogens with zero attached hydrogens (tertiary/aromatic N) is 10. The highest BCUT2D eigenvalue weighted by atomic mass is 79.9. The molecule has 0 radical (unpaired) electrons. The van der Waals surface area contributed by atoms with Crippen molar-refractivity contribution in [3.8, 4) is 0 Å². The molecule has 6 aromatic rings. The first-order valence-corrected chi connectivity index (χ1v) is 25.2. The summed E-state index contributed by atoms with van der Waals surface area (Å²) in [5.41, 5.74) is 5.58. The summed E-state index contributed by atoms with van der Waals surface area (Å²) >= 11 is 7.06. The van der Waals surface area contributed by atoms with E-state index in [1.54, 1.807) is 40.5 Å². The molecule has 3 saturated heterocycles. The van der Waals surface area contributed by atoms with Crippen LogP contribution >= 0.6 is 31.9 Å². The lowest BCUT2D eigenvalue weighted by atomic mass is 9.93. The van der Waals surface area contributed by atoms with E-state index in [9.17, 15) is 13.2 Å². The normalized spacial score (nSPS) is 17.1. The van der Waals surface area contributed by atoms with Gasteiger partial charge < -0.3 is 20.9 Å². The Kier molecular flexibility index (Phi) is 17.8. The predicted octanol–water partition coefficient (Wildman–Crippen LogP) is 7.65. The second-order valence-electron chi connectivity index (χ2n) is 15.6. The summed E-state index contributed by atoms with van der Waals surface area (Å²) in [5, 5.41) is 19.0. The van der Waals surface area contributed by atoms with Crippen LogP contribution in [0.1, 0.15) is 100 Å². The molecule has 6 aromatic heterocycles. The third-order valence-corrected chi connectivity index (χ3v) is 13.5. The summed E-state index contributed by atoms with van der Waals surface area (Å²) in [6, 6.07) is 11.9. The number of nitrogens with one attached hydrogen (secondary N) is 3. The third-order valence-electron chi connectivity index (χ3n) is 11.1. The van der Waals surface area contributed by atoms with Crippen molar-refractivity contribution in [2.45, 2.75) is 90.6 Å². The van der Waals surface area contributed by atoms with Gasteiger partial charge in [-0.15, -0.1) is 0 Å². The first-order chi connectivity index (χ1) is 30.5. The number of piperidine rings is 3. The van der Waals surface area contributed by atoms with Gasteiger partial charge in [-0.3, -0.25) is 14.8 Å². The number of amides is 1. The largest absolute Gasteiger partial charge is 0.366 e. The van der Waals surface area contributed by atoms with E-state index in [-0.39, 0.29) is 11.8 Å². The fourth-order valence-electron chi connectivity index (χ4n) is 7.75. The van der Waals surface area contributed by atoms with Crippen LogP contribution in [-0.4, -0.2) is 108 Å². The SMILES string of the molecule is C1CCNCC1.CC.CC(=O)N1CCC(c2cc(NCc3cccnc3)n3ncc(Br)c3n2)CC1.CS(=O)(=O)N1CCCC(c2cc(NCc3cccnc3)n3ncc(Br)c3n2)C1. The molecule has 3 aliphatic heterocycles. The molecule has 0 saturated carbocycles. The summed E-state index contributed by atoms with van der Waals surface area (Å²) in [4.78, 5) is 31.4. The molecule has 63 heavy (non-hydrogen) atoms. The van der Waals surface area contributed by atoms with E-state index in [0.717, 1.165) is 87.5 Å². The van der Waals surface area contributed by atoms with Crippen LogP contribution < -0.4 is 16.0 Å². The molecule has 3 aliphatic rings. The van der Waals surface area contributed by atoms with Gasteiger partial charge >= 0.3 is 0 Å². The molecular weight excluding hydrogens is 950 g/mol. The minimum Gasteiger partial charge on any atom is -0.366 e. The molecule has 0 spiro atoms. The maximum atomic E-state index is 12.0. The van der Waals surface area contributed by atoms with Crippen LogP contribution in [0.25, 0.3) is 11.3 Å². The van der Waals surface area contributed by atoms with Gasteiger partial charge in [0.1, 0.15) is 11.6 Å². The molecular formula is C44H59Br2N13O3S. The first kappa shape index (κ1) is 47.9. The van der Waals surface area contributed by atoms with Crippen LogP contribution in [0, 0.1) is 0 Å². The molecule has 1 atom stereocenters. The van der Waals surface area contributed by atoms with Crippen molar-refractivity contribution in [3.05, 3.63) is 105 Å². The van der Waals surface area contributed by atoms with Gasteiger partial charge in [-0.05, 0) is 107 Å². The number of hydrogen-bond acceptors (Lipinski definition) is 12. The topological polar surface area (TPSA) is 180 Å². The summed E-state index contributed by atoms with van der Waals surface area (Å²) < 4.78 is 30.7. The van der Waals surface area contributed by atoms with Crippen molar-refractivity contribution in [1.82, 2.24) is 53.7 Å². The lowest BCUT2D eigenvalue weighted by molar-refractivity contribution is -0.129. The second-order valence-corrected chi connectivity index (χ2v) is 19.3. The van der Waals surface area contributed by atoms with Crippen LogP contribution in [0.2, 0.25) is 0 Å². The predicted molar refractivity (Wildman–Crippen MR) is 255 cm³/mol. The standard InChI is InChI=1S/C19H21BrN6O.C18H21BrN6O2S.C5H11N.C2H6/c1-13(27)25-7-4-15(5-8-25)17-9-18(22-11-14-3-2-6-21-10-14)26-19(24-17)16(20)12-23-26;1-28(26,27)24-7-3-5-14(12-24)16-8-17(21-10-13-4-2-6-20-9-13)25-18(23-16)15(19)11-22-25;1-2-4-6-5-3-1;1-2/h2-3,6,9-10,12,15,22H,4-5,7-8,11H2,1H3;2,4,6,8-9,11,14,21H,3,5,7,10,12H2,1H3;6H,1-5H2;1-2H3. The maximum absolute atomic E-state index is 12.0. The van der Waals surface area contributed by atoms with Gasteiger partial charge in [-0.25, -0.2) is 22.7 Å². The number of likely N-dealkylation sites (tertiary alicyclic amines) is 1. The summed E-state index contributed by atoms with van der Waals surface area (Å²) in [5.74, 6) is 2.25. The van der Waals surface area contributed by atoms with E-state index in [4.69, 9.17) is 9.97 Å². The molecule has 3 N–H and O–H groups in total. The fourth-order valence-corrected chi connectivity index (χ4v) is 9.36. The number of carbonyl (C=O) groups excluding carboxylic acids is 1. The molecule has 0 bridgehead atoms. The average molecular weight is 1010 g/mol. The van der Waals surface area contributed by atoms with Crippen LogP contribution in [0.3, 0.4) is 0 Å². The van der Waals surface area contributed by atoms with Crippen molar-refractivity contribution in [2.24, 2.45) is 0 Å². The van der Waals surface area contributed by atoms with E-state index in [1.165, 1.54) is 38.6 Å².